The second kappa shape index (κ2) is 11.3. The molecule has 9 heteroatoms. The first-order valence-corrected chi connectivity index (χ1v) is 12.7. The first-order chi connectivity index (χ1) is 17.3. The lowest BCUT2D eigenvalue weighted by Gasteiger charge is -2.38. The van der Waals surface area contributed by atoms with E-state index in [-0.39, 0.29) is 38.3 Å². The van der Waals surface area contributed by atoms with Crippen molar-refractivity contribution in [1.82, 2.24) is 9.88 Å². The fourth-order valence-corrected chi connectivity index (χ4v) is 5.16. The molecule has 190 valence electrons. The number of aliphatic hydroxyl groups is 1. The number of anilines is 1. The number of nitrogens with zero attached hydrogens (tertiary/aromatic N) is 2. The Labute approximate surface area is 212 Å². The molecule has 1 aromatic heterocycles. The van der Waals surface area contributed by atoms with E-state index in [0.717, 1.165) is 27.9 Å². The first-order valence-electron chi connectivity index (χ1n) is 11.9. The van der Waals surface area contributed by atoms with Crippen LogP contribution in [-0.4, -0.2) is 39.6 Å². The zero-order valence-corrected chi connectivity index (χ0v) is 20.8. The number of para-hydroxylation sites is 1. The SMILES string of the molecule is CCc1ccnc2c(SNc3ccc(C(=O)N4CCC(O)(CCC(F)=C(F)F)CC4)cc3)cccc12. The second-order valence-electron chi connectivity index (χ2n) is 8.94. The molecule has 0 radical (unpaired) electrons. The Bertz CT molecular complexity index is 1250. The molecule has 0 spiro atoms. The number of carbonyl (C=O) groups excluding carboxylic acids is 1. The van der Waals surface area contributed by atoms with E-state index in [2.05, 4.69) is 22.7 Å². The Morgan fingerprint density at radius 2 is 1.83 bits per heavy atom. The molecule has 2 N–H and O–H groups in total. The quantitative estimate of drug-likeness (QED) is 0.325. The van der Waals surface area contributed by atoms with Crippen molar-refractivity contribution < 1.29 is 23.1 Å². The molecule has 5 nitrogen and oxygen atoms in total. The zero-order chi connectivity index (χ0) is 25.7. The summed E-state index contributed by atoms with van der Waals surface area (Å²) in [6, 6.07) is 15.3. The number of hydrogen-bond acceptors (Lipinski definition) is 5. The Hall–Kier alpha value is -3.04. The van der Waals surface area contributed by atoms with Crippen LogP contribution in [0.3, 0.4) is 0 Å². The summed E-state index contributed by atoms with van der Waals surface area (Å²) in [5.74, 6) is -1.65. The number of aryl methyl sites for hydroxylation is 1. The van der Waals surface area contributed by atoms with Crippen LogP contribution in [-0.2, 0) is 6.42 Å². The number of carbonyl (C=O) groups is 1. The molecule has 3 aromatic rings. The highest BCUT2D eigenvalue weighted by Gasteiger charge is 2.34. The summed E-state index contributed by atoms with van der Waals surface area (Å²) < 4.78 is 41.0. The molecule has 1 saturated heterocycles. The maximum absolute atomic E-state index is 13.1. The van der Waals surface area contributed by atoms with E-state index in [0.29, 0.717) is 5.56 Å². The van der Waals surface area contributed by atoms with Crippen molar-refractivity contribution >= 4 is 34.4 Å². The van der Waals surface area contributed by atoms with Crippen LogP contribution < -0.4 is 4.72 Å². The number of halogens is 3. The number of fused-ring (bicyclic) bond motifs is 1. The van der Waals surface area contributed by atoms with Gasteiger partial charge in [-0.15, -0.1) is 0 Å². The molecular formula is C27H28F3N3O2S. The van der Waals surface area contributed by atoms with Crippen LogP contribution in [0.2, 0.25) is 0 Å². The molecule has 36 heavy (non-hydrogen) atoms. The Balaban J connectivity index is 1.33. The Morgan fingerprint density at radius 3 is 2.50 bits per heavy atom. The van der Waals surface area contributed by atoms with E-state index in [4.69, 9.17) is 0 Å². The number of amides is 1. The lowest BCUT2D eigenvalue weighted by atomic mass is 9.86. The number of nitrogens with one attached hydrogen (secondary N) is 1. The summed E-state index contributed by atoms with van der Waals surface area (Å²) in [4.78, 5) is 20.1. The average Bonchev–Trinajstić information content (AvgIpc) is 2.90. The number of allylic oxidation sites excluding steroid dienone is 1. The lowest BCUT2D eigenvalue weighted by molar-refractivity contribution is -0.0236. The standard InChI is InChI=1S/C27H28F3N3O2S/c1-2-18-11-15-31-24-21(18)4-3-5-23(24)36-32-20-8-6-19(7-9-20)26(34)33-16-13-27(35,14-17-33)12-10-22(28)25(29)30/h3-9,11,15,32,35H,2,10,12-14,16-17H2,1H3. The molecule has 4 rings (SSSR count). The van der Waals surface area contributed by atoms with Crippen molar-refractivity contribution in [3.63, 3.8) is 0 Å². The fourth-order valence-electron chi connectivity index (χ4n) is 4.39. The van der Waals surface area contributed by atoms with Gasteiger partial charge in [0.1, 0.15) is 0 Å². The zero-order valence-electron chi connectivity index (χ0n) is 19.9. The van der Waals surface area contributed by atoms with Gasteiger partial charge in [0.05, 0.1) is 16.0 Å². The molecular weight excluding hydrogens is 487 g/mol. The topological polar surface area (TPSA) is 65.5 Å². The third-order valence-corrected chi connectivity index (χ3v) is 7.50. The van der Waals surface area contributed by atoms with Crippen LogP contribution in [0.5, 0.6) is 0 Å². The van der Waals surface area contributed by atoms with Gasteiger partial charge in [0.15, 0.2) is 5.83 Å². The van der Waals surface area contributed by atoms with E-state index in [1.807, 2.05) is 36.5 Å². The minimum absolute atomic E-state index is 0.0950. The van der Waals surface area contributed by atoms with Gasteiger partial charge in [0.2, 0.25) is 0 Å². The average molecular weight is 516 g/mol. The van der Waals surface area contributed by atoms with E-state index in [1.165, 1.54) is 17.5 Å². The number of likely N-dealkylation sites (tertiary alicyclic amines) is 1. The van der Waals surface area contributed by atoms with Crippen molar-refractivity contribution in [2.75, 3.05) is 17.8 Å². The lowest BCUT2D eigenvalue weighted by Crippen LogP contribution is -2.46. The Kier molecular flexibility index (Phi) is 8.21. The first kappa shape index (κ1) is 26.0. The summed E-state index contributed by atoms with van der Waals surface area (Å²) in [6.07, 6.45) is 0.246. The van der Waals surface area contributed by atoms with Crippen molar-refractivity contribution in [3.05, 3.63) is 77.8 Å². The third kappa shape index (κ3) is 6.02. The van der Waals surface area contributed by atoms with Gasteiger partial charge in [0, 0.05) is 42.3 Å². The van der Waals surface area contributed by atoms with Gasteiger partial charge in [-0.3, -0.25) is 9.78 Å². The van der Waals surface area contributed by atoms with Gasteiger partial charge in [-0.25, -0.2) is 4.39 Å². The van der Waals surface area contributed by atoms with Crippen LogP contribution in [0.25, 0.3) is 10.9 Å². The number of pyridine rings is 1. The van der Waals surface area contributed by atoms with Crippen LogP contribution >= 0.6 is 11.9 Å². The molecule has 1 aliphatic rings. The molecule has 1 aliphatic heterocycles. The van der Waals surface area contributed by atoms with E-state index in [9.17, 15) is 23.1 Å². The largest absolute Gasteiger partial charge is 0.390 e. The fraction of sp³-hybridized carbons (Fsp3) is 0.333. The minimum atomic E-state index is -2.35. The van der Waals surface area contributed by atoms with Gasteiger partial charge >= 0.3 is 6.08 Å². The highest BCUT2D eigenvalue weighted by atomic mass is 32.2. The second-order valence-corrected chi connectivity index (χ2v) is 9.79. The van der Waals surface area contributed by atoms with Crippen LogP contribution in [0, 0.1) is 0 Å². The number of benzene rings is 2. The van der Waals surface area contributed by atoms with Crippen molar-refractivity contribution in [2.45, 2.75) is 49.5 Å². The summed E-state index contributed by atoms with van der Waals surface area (Å²) in [5, 5.41) is 11.7. The summed E-state index contributed by atoms with van der Waals surface area (Å²) >= 11 is 1.46. The molecule has 0 atom stereocenters. The van der Waals surface area contributed by atoms with Crippen LogP contribution in [0.15, 0.2) is 71.5 Å². The summed E-state index contributed by atoms with van der Waals surface area (Å²) in [7, 11) is 0. The molecule has 1 amide bonds. The van der Waals surface area contributed by atoms with Crippen molar-refractivity contribution in [1.29, 1.82) is 0 Å². The molecule has 2 heterocycles. The highest BCUT2D eigenvalue weighted by molar-refractivity contribution is 8.00. The predicted octanol–water partition coefficient (Wildman–Crippen LogP) is 6.74. The monoisotopic (exact) mass is 515 g/mol. The van der Waals surface area contributed by atoms with Crippen LogP contribution in [0.4, 0.5) is 18.9 Å². The number of piperidine rings is 1. The van der Waals surface area contributed by atoms with Crippen molar-refractivity contribution in [3.8, 4) is 0 Å². The normalized spacial score (nSPS) is 15.1. The number of rotatable bonds is 8. The predicted molar refractivity (Wildman–Crippen MR) is 137 cm³/mol. The van der Waals surface area contributed by atoms with E-state index >= 15 is 0 Å². The molecule has 0 bridgehead atoms. The molecule has 1 fully saturated rings. The molecule has 2 aromatic carbocycles. The van der Waals surface area contributed by atoms with E-state index in [1.54, 1.807) is 17.0 Å². The summed E-state index contributed by atoms with van der Waals surface area (Å²) in [6.45, 7) is 2.68. The van der Waals surface area contributed by atoms with Crippen molar-refractivity contribution in [2.24, 2.45) is 0 Å². The van der Waals surface area contributed by atoms with E-state index < -0.39 is 23.9 Å². The summed E-state index contributed by atoms with van der Waals surface area (Å²) in [5.41, 5.74) is 2.30. The van der Waals surface area contributed by atoms with Gasteiger partial charge in [-0.05, 0) is 79.6 Å². The highest BCUT2D eigenvalue weighted by Crippen LogP contribution is 2.32. The number of aromatic nitrogens is 1. The molecule has 0 unspecified atom stereocenters. The number of hydrogen-bond donors (Lipinski definition) is 2. The molecule has 0 saturated carbocycles. The smallest absolute Gasteiger partial charge is 0.301 e. The molecule has 0 aliphatic carbocycles. The maximum Gasteiger partial charge on any atom is 0.301 e. The van der Waals surface area contributed by atoms with Gasteiger partial charge in [0.25, 0.3) is 5.91 Å². The van der Waals surface area contributed by atoms with Gasteiger partial charge < -0.3 is 14.7 Å². The Morgan fingerprint density at radius 1 is 1.11 bits per heavy atom. The van der Waals surface area contributed by atoms with Gasteiger partial charge in [-0.2, -0.15) is 8.78 Å². The minimum Gasteiger partial charge on any atom is -0.390 e. The maximum atomic E-state index is 13.1. The third-order valence-electron chi connectivity index (χ3n) is 6.61. The van der Waals surface area contributed by atoms with Crippen LogP contribution in [0.1, 0.15) is 48.5 Å². The van der Waals surface area contributed by atoms with Gasteiger partial charge in [-0.1, -0.05) is 19.1 Å².